The summed E-state index contributed by atoms with van der Waals surface area (Å²) in [7, 11) is 0. The van der Waals surface area contributed by atoms with Gasteiger partial charge < -0.3 is 10.6 Å². The Hall–Kier alpha value is -0.800. The molecular weight excluding hydrogens is 222 g/mol. The third kappa shape index (κ3) is 2.15. The highest BCUT2D eigenvalue weighted by Crippen LogP contribution is 2.30. The van der Waals surface area contributed by atoms with Crippen molar-refractivity contribution in [1.29, 1.82) is 0 Å². The van der Waals surface area contributed by atoms with Crippen LogP contribution in [0.4, 0.5) is 5.82 Å². The lowest BCUT2D eigenvalue weighted by molar-refractivity contribution is 0.348. The van der Waals surface area contributed by atoms with E-state index in [2.05, 4.69) is 16.8 Å². The number of anilines is 1. The lowest BCUT2D eigenvalue weighted by Gasteiger charge is -2.40. The van der Waals surface area contributed by atoms with Gasteiger partial charge in [0.1, 0.15) is 5.82 Å². The number of hydrogen-bond donors (Lipinski definition) is 1. The topological polar surface area (TPSA) is 42.2 Å². The average Bonchev–Trinajstić information content (AvgIpc) is 2.29. The monoisotopic (exact) mass is 239 g/mol. The molecule has 2 rings (SSSR count). The number of aromatic nitrogens is 1. The Balaban J connectivity index is 2.28. The maximum Gasteiger partial charge on any atom is 0.147 e. The standard InChI is InChI=1S/C12H18ClN3/c1-9-4-3-7-16(11(9)8-14)12-10(13)5-2-6-15-12/h2,5-6,9,11H,3-4,7-8,14H2,1H3. The molecule has 1 aliphatic rings. The van der Waals surface area contributed by atoms with Gasteiger partial charge in [-0.05, 0) is 30.9 Å². The van der Waals surface area contributed by atoms with Crippen LogP contribution in [0.2, 0.25) is 5.02 Å². The molecule has 4 heteroatoms. The number of pyridine rings is 1. The molecule has 0 aliphatic carbocycles. The Morgan fingerprint density at radius 1 is 1.62 bits per heavy atom. The van der Waals surface area contributed by atoms with Crippen LogP contribution in [0.5, 0.6) is 0 Å². The third-order valence-corrected chi connectivity index (χ3v) is 3.66. The fourth-order valence-electron chi connectivity index (χ4n) is 2.46. The highest BCUT2D eigenvalue weighted by molar-refractivity contribution is 6.32. The summed E-state index contributed by atoms with van der Waals surface area (Å²) >= 11 is 6.18. The summed E-state index contributed by atoms with van der Waals surface area (Å²) in [5.74, 6) is 1.49. The van der Waals surface area contributed by atoms with E-state index in [0.717, 1.165) is 17.4 Å². The largest absolute Gasteiger partial charge is 0.351 e. The third-order valence-electron chi connectivity index (χ3n) is 3.37. The molecule has 88 valence electrons. The molecule has 0 spiro atoms. The van der Waals surface area contributed by atoms with Crippen molar-refractivity contribution >= 4 is 17.4 Å². The molecule has 1 saturated heterocycles. The maximum atomic E-state index is 6.18. The van der Waals surface area contributed by atoms with Crippen molar-refractivity contribution in [3.05, 3.63) is 23.4 Å². The molecule has 1 aromatic rings. The molecule has 0 aromatic carbocycles. The van der Waals surface area contributed by atoms with Crippen molar-refractivity contribution in [3.8, 4) is 0 Å². The second-order valence-electron chi connectivity index (χ2n) is 4.42. The number of hydrogen-bond acceptors (Lipinski definition) is 3. The first kappa shape index (κ1) is 11.7. The van der Waals surface area contributed by atoms with Crippen molar-refractivity contribution in [2.45, 2.75) is 25.8 Å². The number of halogens is 1. The summed E-state index contributed by atoms with van der Waals surface area (Å²) in [6.45, 7) is 3.91. The summed E-state index contributed by atoms with van der Waals surface area (Å²) in [5.41, 5.74) is 5.86. The van der Waals surface area contributed by atoms with Crippen LogP contribution in [0.3, 0.4) is 0 Å². The van der Waals surface area contributed by atoms with E-state index >= 15 is 0 Å². The Labute approximate surface area is 102 Å². The van der Waals surface area contributed by atoms with Crippen molar-refractivity contribution < 1.29 is 0 Å². The van der Waals surface area contributed by atoms with Crippen LogP contribution in [0, 0.1) is 5.92 Å². The zero-order chi connectivity index (χ0) is 11.5. The minimum Gasteiger partial charge on any atom is -0.351 e. The van der Waals surface area contributed by atoms with Gasteiger partial charge in [-0.15, -0.1) is 0 Å². The van der Waals surface area contributed by atoms with E-state index in [9.17, 15) is 0 Å². The molecule has 1 aliphatic heterocycles. The molecular formula is C12H18ClN3. The molecule has 3 nitrogen and oxygen atoms in total. The minimum absolute atomic E-state index is 0.362. The second-order valence-corrected chi connectivity index (χ2v) is 4.83. The second kappa shape index (κ2) is 5.02. The summed E-state index contributed by atoms with van der Waals surface area (Å²) in [6.07, 6.45) is 4.21. The van der Waals surface area contributed by atoms with Gasteiger partial charge in [0.15, 0.2) is 0 Å². The number of nitrogens with zero attached hydrogens (tertiary/aromatic N) is 2. The highest BCUT2D eigenvalue weighted by atomic mass is 35.5. The van der Waals surface area contributed by atoms with E-state index in [1.807, 2.05) is 12.1 Å². The molecule has 1 fully saturated rings. The summed E-state index contributed by atoms with van der Waals surface area (Å²) < 4.78 is 0. The van der Waals surface area contributed by atoms with Gasteiger partial charge in [0, 0.05) is 25.3 Å². The van der Waals surface area contributed by atoms with E-state index < -0.39 is 0 Å². The Morgan fingerprint density at radius 3 is 3.12 bits per heavy atom. The van der Waals surface area contributed by atoms with Crippen LogP contribution in [0.1, 0.15) is 19.8 Å². The van der Waals surface area contributed by atoms with Crippen molar-refractivity contribution in [3.63, 3.8) is 0 Å². The molecule has 16 heavy (non-hydrogen) atoms. The van der Waals surface area contributed by atoms with Crippen molar-refractivity contribution in [2.75, 3.05) is 18.0 Å². The molecule has 0 amide bonds. The zero-order valence-electron chi connectivity index (χ0n) is 9.56. The molecule has 1 aromatic heterocycles. The fraction of sp³-hybridized carbons (Fsp3) is 0.583. The van der Waals surface area contributed by atoms with Crippen LogP contribution in [-0.2, 0) is 0 Å². The fourth-order valence-corrected chi connectivity index (χ4v) is 2.69. The quantitative estimate of drug-likeness (QED) is 0.861. The molecule has 0 bridgehead atoms. The van der Waals surface area contributed by atoms with Crippen LogP contribution in [0.15, 0.2) is 18.3 Å². The molecule has 2 atom stereocenters. The van der Waals surface area contributed by atoms with Gasteiger partial charge in [0.25, 0.3) is 0 Å². The Morgan fingerprint density at radius 2 is 2.44 bits per heavy atom. The SMILES string of the molecule is CC1CCCN(c2ncccc2Cl)C1CN. The number of rotatable bonds is 2. The first-order valence-corrected chi connectivity index (χ1v) is 6.19. The van der Waals surface area contributed by atoms with Crippen molar-refractivity contribution in [1.82, 2.24) is 4.98 Å². The minimum atomic E-state index is 0.362. The first-order valence-electron chi connectivity index (χ1n) is 5.81. The molecule has 2 N–H and O–H groups in total. The normalized spacial score (nSPS) is 25.8. The molecule has 0 radical (unpaired) electrons. The molecule has 0 saturated carbocycles. The van der Waals surface area contributed by atoms with Crippen molar-refractivity contribution in [2.24, 2.45) is 11.7 Å². The van der Waals surface area contributed by atoms with Gasteiger partial charge in [-0.25, -0.2) is 4.98 Å². The predicted octanol–water partition coefficient (Wildman–Crippen LogP) is 2.30. The number of nitrogens with two attached hydrogens (primary N) is 1. The van der Waals surface area contributed by atoms with Crippen LogP contribution >= 0.6 is 11.6 Å². The van der Waals surface area contributed by atoms with E-state index in [1.54, 1.807) is 6.20 Å². The Kier molecular flexibility index (Phi) is 3.66. The van der Waals surface area contributed by atoms with Gasteiger partial charge >= 0.3 is 0 Å². The lowest BCUT2D eigenvalue weighted by Crippen LogP contribution is -2.49. The smallest absolute Gasteiger partial charge is 0.147 e. The maximum absolute atomic E-state index is 6.18. The van der Waals surface area contributed by atoms with E-state index in [1.165, 1.54) is 12.8 Å². The van der Waals surface area contributed by atoms with Crippen LogP contribution in [-0.4, -0.2) is 24.1 Å². The average molecular weight is 240 g/mol. The van der Waals surface area contributed by atoms with E-state index in [0.29, 0.717) is 18.5 Å². The highest BCUT2D eigenvalue weighted by Gasteiger charge is 2.29. The zero-order valence-corrected chi connectivity index (χ0v) is 10.3. The van der Waals surface area contributed by atoms with Gasteiger partial charge in [0.2, 0.25) is 0 Å². The lowest BCUT2D eigenvalue weighted by atomic mass is 9.91. The van der Waals surface area contributed by atoms with Crippen LogP contribution < -0.4 is 10.6 Å². The summed E-state index contributed by atoms with van der Waals surface area (Å²) in [6, 6.07) is 4.11. The molecule has 2 heterocycles. The van der Waals surface area contributed by atoms with Gasteiger partial charge in [-0.1, -0.05) is 18.5 Å². The Bertz CT molecular complexity index is 356. The predicted molar refractivity (Wildman–Crippen MR) is 67.8 cm³/mol. The van der Waals surface area contributed by atoms with Crippen LogP contribution in [0.25, 0.3) is 0 Å². The summed E-state index contributed by atoms with van der Waals surface area (Å²) in [5, 5.41) is 0.718. The first-order chi connectivity index (χ1) is 7.74. The van der Waals surface area contributed by atoms with E-state index in [-0.39, 0.29) is 0 Å². The van der Waals surface area contributed by atoms with Gasteiger partial charge in [-0.3, -0.25) is 0 Å². The molecule has 2 unspecified atom stereocenters. The van der Waals surface area contributed by atoms with E-state index in [4.69, 9.17) is 17.3 Å². The van der Waals surface area contributed by atoms with Gasteiger partial charge in [0.05, 0.1) is 5.02 Å². The van der Waals surface area contributed by atoms with Gasteiger partial charge in [-0.2, -0.15) is 0 Å². The number of piperidine rings is 1. The summed E-state index contributed by atoms with van der Waals surface area (Å²) in [4.78, 5) is 6.63.